The van der Waals surface area contributed by atoms with Gasteiger partial charge in [0.15, 0.2) is 0 Å². The number of allylic oxidation sites excluding steroid dienone is 2. The second kappa shape index (κ2) is 6.77. The molecule has 1 amide bonds. The van der Waals surface area contributed by atoms with Crippen molar-refractivity contribution in [2.24, 2.45) is 5.92 Å². The monoisotopic (exact) mass is 303 g/mol. The van der Waals surface area contributed by atoms with Gasteiger partial charge >= 0.3 is 0 Å². The molecule has 1 saturated heterocycles. The Morgan fingerprint density at radius 2 is 2.14 bits per heavy atom. The molecule has 22 heavy (non-hydrogen) atoms. The molecule has 1 aliphatic heterocycles. The fraction of sp³-hybridized carbons (Fsp3) is 0.562. The minimum Gasteiger partial charge on any atom is -0.480 e. The Hall–Kier alpha value is -2.11. The van der Waals surface area contributed by atoms with E-state index in [1.807, 2.05) is 4.90 Å². The largest absolute Gasteiger partial charge is 0.480 e. The number of aromatic nitrogens is 2. The SMILES string of the molecule is COc1cncc(OC2CCN(C(=O)C3CC=CCC3)C2)n1. The number of ether oxygens (including phenoxy) is 2. The number of methoxy groups -OCH3 is 1. The Morgan fingerprint density at radius 1 is 1.27 bits per heavy atom. The fourth-order valence-corrected chi connectivity index (χ4v) is 2.96. The number of rotatable bonds is 4. The molecule has 118 valence electrons. The first-order valence-electron chi connectivity index (χ1n) is 7.72. The van der Waals surface area contributed by atoms with Gasteiger partial charge in [0.05, 0.1) is 26.0 Å². The highest BCUT2D eigenvalue weighted by molar-refractivity contribution is 5.79. The van der Waals surface area contributed by atoms with Gasteiger partial charge in [-0.3, -0.25) is 9.78 Å². The van der Waals surface area contributed by atoms with Gasteiger partial charge in [0.25, 0.3) is 0 Å². The van der Waals surface area contributed by atoms with E-state index in [2.05, 4.69) is 22.1 Å². The van der Waals surface area contributed by atoms with Gasteiger partial charge in [-0.15, -0.1) is 0 Å². The number of hydrogen-bond acceptors (Lipinski definition) is 5. The Bertz CT molecular complexity index is 561. The lowest BCUT2D eigenvalue weighted by Crippen LogP contribution is -2.36. The van der Waals surface area contributed by atoms with E-state index < -0.39 is 0 Å². The van der Waals surface area contributed by atoms with Crippen LogP contribution in [0.5, 0.6) is 11.8 Å². The topological polar surface area (TPSA) is 64.6 Å². The van der Waals surface area contributed by atoms with Crippen LogP contribution < -0.4 is 9.47 Å². The summed E-state index contributed by atoms with van der Waals surface area (Å²) in [4.78, 5) is 22.6. The Labute approximate surface area is 130 Å². The highest BCUT2D eigenvalue weighted by Crippen LogP contribution is 2.24. The summed E-state index contributed by atoms with van der Waals surface area (Å²) < 4.78 is 10.9. The van der Waals surface area contributed by atoms with E-state index in [1.165, 1.54) is 6.20 Å². The molecule has 6 nitrogen and oxygen atoms in total. The van der Waals surface area contributed by atoms with Crippen molar-refractivity contribution in [3.63, 3.8) is 0 Å². The number of nitrogens with zero attached hydrogens (tertiary/aromatic N) is 3. The summed E-state index contributed by atoms with van der Waals surface area (Å²) in [6.45, 7) is 1.37. The second-order valence-electron chi connectivity index (χ2n) is 5.69. The van der Waals surface area contributed by atoms with Crippen LogP contribution in [0.2, 0.25) is 0 Å². The van der Waals surface area contributed by atoms with Gasteiger partial charge in [-0.25, -0.2) is 0 Å². The van der Waals surface area contributed by atoms with E-state index in [0.29, 0.717) is 18.3 Å². The Kier molecular flexibility index (Phi) is 4.56. The fourth-order valence-electron chi connectivity index (χ4n) is 2.96. The first kappa shape index (κ1) is 14.8. The maximum Gasteiger partial charge on any atom is 0.235 e. The average Bonchev–Trinajstić information content (AvgIpc) is 3.03. The van der Waals surface area contributed by atoms with Crippen molar-refractivity contribution in [3.05, 3.63) is 24.5 Å². The zero-order chi connectivity index (χ0) is 15.4. The number of amides is 1. The summed E-state index contributed by atoms with van der Waals surface area (Å²) in [5, 5.41) is 0. The normalized spacial score (nSPS) is 24.3. The zero-order valence-corrected chi connectivity index (χ0v) is 12.8. The molecule has 3 rings (SSSR count). The summed E-state index contributed by atoms with van der Waals surface area (Å²) in [7, 11) is 1.54. The van der Waals surface area contributed by atoms with Crippen molar-refractivity contribution in [1.82, 2.24) is 14.9 Å². The molecule has 0 N–H and O–H groups in total. The minimum atomic E-state index is -0.0236. The molecule has 0 radical (unpaired) electrons. The molecule has 0 bridgehead atoms. The first-order chi connectivity index (χ1) is 10.8. The first-order valence-corrected chi connectivity index (χ1v) is 7.72. The van der Waals surface area contributed by atoms with Crippen LogP contribution in [0.3, 0.4) is 0 Å². The van der Waals surface area contributed by atoms with E-state index in [0.717, 1.165) is 32.2 Å². The quantitative estimate of drug-likeness (QED) is 0.794. The molecule has 6 heteroatoms. The van der Waals surface area contributed by atoms with E-state index in [9.17, 15) is 4.79 Å². The highest BCUT2D eigenvalue weighted by atomic mass is 16.5. The van der Waals surface area contributed by atoms with E-state index >= 15 is 0 Å². The van der Waals surface area contributed by atoms with Crippen LogP contribution in [-0.4, -0.2) is 47.1 Å². The third-order valence-corrected chi connectivity index (χ3v) is 4.16. The van der Waals surface area contributed by atoms with E-state index in [4.69, 9.17) is 9.47 Å². The van der Waals surface area contributed by atoms with Crippen LogP contribution in [-0.2, 0) is 4.79 Å². The van der Waals surface area contributed by atoms with Gasteiger partial charge in [0.1, 0.15) is 6.10 Å². The lowest BCUT2D eigenvalue weighted by Gasteiger charge is -2.24. The van der Waals surface area contributed by atoms with Gasteiger partial charge in [-0.2, -0.15) is 4.98 Å². The minimum absolute atomic E-state index is 0.0236. The van der Waals surface area contributed by atoms with Gasteiger partial charge in [-0.05, 0) is 19.3 Å². The van der Waals surface area contributed by atoms with Crippen LogP contribution in [0, 0.1) is 5.92 Å². The Balaban J connectivity index is 1.55. The lowest BCUT2D eigenvalue weighted by molar-refractivity contribution is -0.135. The van der Waals surface area contributed by atoms with Gasteiger partial charge in [0, 0.05) is 18.9 Å². The standard InChI is InChI=1S/C16H21N3O3/c1-21-14-9-17-10-15(18-14)22-13-7-8-19(11-13)16(20)12-5-3-2-4-6-12/h2-3,9-10,12-13H,4-8,11H2,1H3. The molecule has 0 saturated carbocycles. The summed E-state index contributed by atoms with van der Waals surface area (Å²) in [5.74, 6) is 1.27. The molecule has 1 aromatic rings. The van der Waals surface area contributed by atoms with Crippen molar-refractivity contribution in [2.75, 3.05) is 20.2 Å². The molecular weight excluding hydrogens is 282 g/mol. The number of carbonyl (C=O) groups excluding carboxylic acids is 1. The third-order valence-electron chi connectivity index (χ3n) is 4.16. The molecule has 2 unspecified atom stereocenters. The van der Waals surface area contributed by atoms with E-state index in [1.54, 1.807) is 13.3 Å². The van der Waals surface area contributed by atoms with Crippen molar-refractivity contribution < 1.29 is 14.3 Å². The van der Waals surface area contributed by atoms with Crippen LogP contribution >= 0.6 is 0 Å². The predicted molar refractivity (Wildman–Crippen MR) is 80.7 cm³/mol. The molecule has 0 aromatic carbocycles. The molecule has 1 aliphatic carbocycles. The lowest BCUT2D eigenvalue weighted by atomic mass is 9.93. The van der Waals surface area contributed by atoms with Crippen molar-refractivity contribution >= 4 is 5.91 Å². The van der Waals surface area contributed by atoms with Gasteiger partial charge in [0.2, 0.25) is 17.7 Å². The molecule has 2 atom stereocenters. The second-order valence-corrected chi connectivity index (χ2v) is 5.69. The smallest absolute Gasteiger partial charge is 0.235 e. The molecule has 1 aromatic heterocycles. The van der Waals surface area contributed by atoms with Crippen LogP contribution in [0.25, 0.3) is 0 Å². The van der Waals surface area contributed by atoms with E-state index in [-0.39, 0.29) is 17.9 Å². The van der Waals surface area contributed by atoms with Crippen molar-refractivity contribution in [2.45, 2.75) is 31.8 Å². The van der Waals surface area contributed by atoms with Crippen molar-refractivity contribution in [3.8, 4) is 11.8 Å². The number of carbonyl (C=O) groups is 1. The predicted octanol–water partition coefficient (Wildman–Crippen LogP) is 1.82. The van der Waals surface area contributed by atoms with Crippen LogP contribution in [0.1, 0.15) is 25.7 Å². The Morgan fingerprint density at radius 3 is 2.91 bits per heavy atom. The van der Waals surface area contributed by atoms with Gasteiger partial charge in [-0.1, -0.05) is 12.2 Å². The highest BCUT2D eigenvalue weighted by Gasteiger charge is 2.31. The summed E-state index contributed by atoms with van der Waals surface area (Å²) in [6, 6.07) is 0. The maximum atomic E-state index is 12.5. The molecule has 0 spiro atoms. The summed E-state index contributed by atoms with van der Waals surface area (Å²) >= 11 is 0. The zero-order valence-electron chi connectivity index (χ0n) is 12.8. The molecular formula is C16H21N3O3. The molecule has 2 aliphatic rings. The maximum absolute atomic E-state index is 12.5. The number of likely N-dealkylation sites (tertiary alicyclic amines) is 1. The molecule has 1 fully saturated rings. The third kappa shape index (κ3) is 3.37. The van der Waals surface area contributed by atoms with Crippen LogP contribution in [0.15, 0.2) is 24.5 Å². The molecule has 2 heterocycles. The van der Waals surface area contributed by atoms with Crippen LogP contribution in [0.4, 0.5) is 0 Å². The van der Waals surface area contributed by atoms with Crippen molar-refractivity contribution in [1.29, 1.82) is 0 Å². The average molecular weight is 303 g/mol. The summed E-state index contributed by atoms with van der Waals surface area (Å²) in [6.07, 6.45) is 11.0. The van der Waals surface area contributed by atoms with Gasteiger partial charge < -0.3 is 14.4 Å². The summed E-state index contributed by atoms with van der Waals surface area (Å²) in [5.41, 5.74) is 0. The number of hydrogen-bond donors (Lipinski definition) is 0.